The van der Waals surface area contributed by atoms with Gasteiger partial charge >= 0.3 is 5.97 Å². The number of hydrogen-bond acceptors (Lipinski definition) is 6. The van der Waals surface area contributed by atoms with Crippen LogP contribution in [0.2, 0.25) is 0 Å². The van der Waals surface area contributed by atoms with Gasteiger partial charge in [0, 0.05) is 24.6 Å². The summed E-state index contributed by atoms with van der Waals surface area (Å²) in [6.07, 6.45) is 3.13. The number of anilines is 2. The van der Waals surface area contributed by atoms with Gasteiger partial charge in [-0.15, -0.1) is 0 Å². The standard InChI is InChI=1S/C26H23FN4O4S/c1-2-35-25(34)18-5-9-20(10-6-18)29-23(32)14-22-24(33)31(21-11-7-19(27)8-12-21)26(36)30(22)16-17-4-3-13-28-15-17/h3-13,15,22H,2,14,16H2,1H3,(H,29,32). The monoisotopic (exact) mass is 506 g/mol. The number of benzene rings is 2. The topological polar surface area (TPSA) is 91.8 Å². The highest BCUT2D eigenvalue weighted by molar-refractivity contribution is 7.80. The maximum atomic E-state index is 13.5. The molecule has 1 unspecified atom stereocenters. The molecule has 8 nitrogen and oxygen atoms in total. The lowest BCUT2D eigenvalue weighted by atomic mass is 10.1. The van der Waals surface area contributed by atoms with E-state index in [-0.39, 0.29) is 30.6 Å². The summed E-state index contributed by atoms with van der Waals surface area (Å²) >= 11 is 5.61. The molecule has 1 fully saturated rings. The molecule has 184 valence electrons. The summed E-state index contributed by atoms with van der Waals surface area (Å²) in [6.45, 7) is 2.25. The van der Waals surface area contributed by atoms with Crippen molar-refractivity contribution in [1.82, 2.24) is 9.88 Å². The highest BCUT2D eigenvalue weighted by Gasteiger charge is 2.44. The molecule has 2 heterocycles. The minimum atomic E-state index is -0.874. The number of thiocarbonyl (C=S) groups is 1. The highest BCUT2D eigenvalue weighted by atomic mass is 32.1. The van der Waals surface area contributed by atoms with Gasteiger partial charge in [-0.25, -0.2) is 9.18 Å². The third-order valence-corrected chi connectivity index (χ3v) is 5.95. The van der Waals surface area contributed by atoms with Crippen molar-refractivity contribution in [2.75, 3.05) is 16.8 Å². The van der Waals surface area contributed by atoms with E-state index in [1.807, 2.05) is 6.07 Å². The molecule has 0 spiro atoms. The van der Waals surface area contributed by atoms with E-state index in [9.17, 15) is 18.8 Å². The van der Waals surface area contributed by atoms with Crippen molar-refractivity contribution in [1.29, 1.82) is 0 Å². The minimum Gasteiger partial charge on any atom is -0.462 e. The molecular formula is C26H23FN4O4S. The van der Waals surface area contributed by atoms with Crippen LogP contribution in [0.25, 0.3) is 0 Å². The molecule has 1 saturated heterocycles. The van der Waals surface area contributed by atoms with Crippen LogP contribution in [0.4, 0.5) is 15.8 Å². The smallest absolute Gasteiger partial charge is 0.338 e. The summed E-state index contributed by atoms with van der Waals surface area (Å²) in [5.74, 6) is -1.68. The average Bonchev–Trinajstić information content (AvgIpc) is 3.09. The average molecular weight is 507 g/mol. The van der Waals surface area contributed by atoms with E-state index in [4.69, 9.17) is 17.0 Å². The Kier molecular flexibility index (Phi) is 7.65. The van der Waals surface area contributed by atoms with E-state index >= 15 is 0 Å². The van der Waals surface area contributed by atoms with Crippen LogP contribution in [0.5, 0.6) is 0 Å². The summed E-state index contributed by atoms with van der Waals surface area (Å²) in [7, 11) is 0. The Bertz CT molecular complexity index is 1270. The Hall–Kier alpha value is -4.18. The Balaban J connectivity index is 1.53. The first kappa shape index (κ1) is 24.9. The zero-order valence-electron chi connectivity index (χ0n) is 19.4. The first-order valence-corrected chi connectivity index (χ1v) is 11.6. The number of carbonyl (C=O) groups excluding carboxylic acids is 3. The number of amides is 2. The minimum absolute atomic E-state index is 0.170. The molecular weight excluding hydrogens is 483 g/mol. The second-order valence-electron chi connectivity index (χ2n) is 7.99. The molecule has 10 heteroatoms. The summed E-state index contributed by atoms with van der Waals surface area (Å²) < 4.78 is 18.4. The van der Waals surface area contributed by atoms with E-state index in [1.54, 1.807) is 54.5 Å². The van der Waals surface area contributed by atoms with Crippen LogP contribution in [0.1, 0.15) is 29.3 Å². The molecule has 1 aliphatic rings. The summed E-state index contributed by atoms with van der Waals surface area (Å²) in [6, 6.07) is 14.5. The van der Waals surface area contributed by atoms with Crippen LogP contribution in [0.15, 0.2) is 73.1 Å². The lowest BCUT2D eigenvalue weighted by Gasteiger charge is -2.23. The van der Waals surface area contributed by atoms with Crippen molar-refractivity contribution in [2.24, 2.45) is 0 Å². The van der Waals surface area contributed by atoms with Crippen LogP contribution in [-0.4, -0.2) is 45.4 Å². The van der Waals surface area contributed by atoms with Crippen LogP contribution in [-0.2, 0) is 20.9 Å². The molecule has 1 N–H and O–H groups in total. The third kappa shape index (κ3) is 5.55. The van der Waals surface area contributed by atoms with Crippen LogP contribution < -0.4 is 10.2 Å². The Morgan fingerprint density at radius 1 is 1.11 bits per heavy atom. The van der Waals surface area contributed by atoms with Gasteiger partial charge in [0.1, 0.15) is 11.9 Å². The lowest BCUT2D eigenvalue weighted by Crippen LogP contribution is -2.37. The molecule has 0 saturated carbocycles. The third-order valence-electron chi connectivity index (χ3n) is 5.54. The quantitative estimate of drug-likeness (QED) is 0.366. The van der Waals surface area contributed by atoms with Crippen LogP contribution in [0.3, 0.4) is 0 Å². The van der Waals surface area contributed by atoms with Gasteiger partial charge in [0.2, 0.25) is 5.91 Å². The Labute approximate surface area is 212 Å². The van der Waals surface area contributed by atoms with Gasteiger partial charge in [-0.1, -0.05) is 6.07 Å². The molecule has 2 aromatic carbocycles. The van der Waals surface area contributed by atoms with Crippen LogP contribution in [0, 0.1) is 5.82 Å². The number of hydrogen-bond donors (Lipinski definition) is 1. The molecule has 0 aliphatic carbocycles. The highest BCUT2D eigenvalue weighted by Crippen LogP contribution is 2.29. The number of nitrogens with one attached hydrogen (secondary N) is 1. The molecule has 1 aliphatic heterocycles. The number of rotatable bonds is 8. The number of nitrogens with zero attached hydrogens (tertiary/aromatic N) is 3. The van der Waals surface area contributed by atoms with Gasteiger partial charge in [-0.2, -0.15) is 0 Å². The van der Waals surface area contributed by atoms with Gasteiger partial charge < -0.3 is 15.0 Å². The lowest BCUT2D eigenvalue weighted by molar-refractivity contribution is -0.124. The number of esters is 1. The van der Waals surface area contributed by atoms with Crippen molar-refractivity contribution >= 4 is 46.5 Å². The summed E-state index contributed by atoms with van der Waals surface area (Å²) in [5, 5.41) is 2.97. The SMILES string of the molecule is CCOC(=O)c1ccc(NC(=O)CC2C(=O)N(c3ccc(F)cc3)C(=S)N2Cc2cccnc2)cc1. The zero-order chi connectivity index (χ0) is 25.7. The van der Waals surface area contributed by atoms with E-state index in [2.05, 4.69) is 10.3 Å². The zero-order valence-corrected chi connectivity index (χ0v) is 20.2. The first-order valence-electron chi connectivity index (χ1n) is 11.2. The molecule has 4 rings (SSSR count). The van der Waals surface area contributed by atoms with Gasteiger partial charge in [0.25, 0.3) is 5.91 Å². The van der Waals surface area contributed by atoms with Gasteiger partial charge in [-0.05, 0) is 79.3 Å². The second kappa shape index (κ2) is 11.0. The largest absolute Gasteiger partial charge is 0.462 e. The van der Waals surface area contributed by atoms with Crippen molar-refractivity contribution in [2.45, 2.75) is 25.9 Å². The van der Waals surface area contributed by atoms with Crippen molar-refractivity contribution in [3.05, 3.63) is 90.0 Å². The molecule has 3 aromatic rings. The van der Waals surface area contributed by atoms with E-state index in [0.717, 1.165) is 5.56 Å². The first-order chi connectivity index (χ1) is 17.4. The van der Waals surface area contributed by atoms with E-state index in [1.165, 1.54) is 29.2 Å². The van der Waals surface area contributed by atoms with Crippen molar-refractivity contribution in [3.63, 3.8) is 0 Å². The van der Waals surface area contributed by atoms with Crippen LogP contribution >= 0.6 is 12.2 Å². The maximum absolute atomic E-state index is 13.5. The predicted octanol–water partition coefficient (Wildman–Crippen LogP) is 3.93. The van der Waals surface area contributed by atoms with Gasteiger partial charge in [0.05, 0.1) is 24.3 Å². The molecule has 1 aromatic heterocycles. The molecule has 36 heavy (non-hydrogen) atoms. The van der Waals surface area contributed by atoms with E-state index in [0.29, 0.717) is 16.9 Å². The Morgan fingerprint density at radius 2 is 1.83 bits per heavy atom. The van der Waals surface area contributed by atoms with Crippen molar-refractivity contribution in [3.8, 4) is 0 Å². The fraction of sp³-hybridized carbons (Fsp3) is 0.192. The number of halogens is 1. The molecule has 0 bridgehead atoms. The maximum Gasteiger partial charge on any atom is 0.338 e. The predicted molar refractivity (Wildman–Crippen MR) is 136 cm³/mol. The fourth-order valence-electron chi connectivity index (χ4n) is 3.82. The molecule has 2 amide bonds. The van der Waals surface area contributed by atoms with Crippen molar-refractivity contribution < 1.29 is 23.5 Å². The molecule has 1 atom stereocenters. The number of pyridine rings is 1. The summed E-state index contributed by atoms with van der Waals surface area (Å²) in [4.78, 5) is 45.3. The molecule has 0 radical (unpaired) electrons. The summed E-state index contributed by atoms with van der Waals surface area (Å²) in [5.41, 5.74) is 2.06. The fourth-order valence-corrected chi connectivity index (χ4v) is 4.21. The number of ether oxygens (including phenoxy) is 1. The van der Waals surface area contributed by atoms with E-state index < -0.39 is 23.7 Å². The second-order valence-corrected chi connectivity index (χ2v) is 8.35. The van der Waals surface area contributed by atoms with Gasteiger partial charge in [-0.3, -0.25) is 19.5 Å². The number of carbonyl (C=O) groups is 3. The normalized spacial score (nSPS) is 15.2. The van der Waals surface area contributed by atoms with Gasteiger partial charge in [0.15, 0.2) is 5.11 Å². The Morgan fingerprint density at radius 3 is 2.47 bits per heavy atom. The number of aromatic nitrogens is 1.